The fraction of sp³-hybridized carbons (Fsp3) is 0.478. The van der Waals surface area contributed by atoms with Gasteiger partial charge in [-0.05, 0) is 37.0 Å². The molecule has 0 spiro atoms. The molecule has 156 valence electrons. The number of hydrogen-bond acceptors (Lipinski definition) is 4. The van der Waals surface area contributed by atoms with Crippen LogP contribution >= 0.6 is 11.3 Å². The van der Waals surface area contributed by atoms with Gasteiger partial charge in [-0.3, -0.25) is 4.79 Å². The third-order valence-corrected chi connectivity index (χ3v) is 5.87. The summed E-state index contributed by atoms with van der Waals surface area (Å²) in [6, 6.07) is 3.31. The normalized spacial score (nSPS) is 18.9. The smallest absolute Gasteiger partial charge is 0.345 e. The van der Waals surface area contributed by atoms with Crippen molar-refractivity contribution < 1.29 is 19.8 Å². The molecule has 0 radical (unpaired) electrons. The van der Waals surface area contributed by atoms with Crippen molar-refractivity contribution in [3.05, 3.63) is 40.1 Å². The SMILES string of the molecule is CCCC#CC[C@H](C)[C@H](O)C=C[C@H]1CCC(=O)N1CC=Cc1ccc(C(=O)O)s1. The lowest BCUT2D eigenvalue weighted by molar-refractivity contribution is -0.127. The Morgan fingerprint density at radius 1 is 1.41 bits per heavy atom. The summed E-state index contributed by atoms with van der Waals surface area (Å²) in [5.74, 6) is 5.41. The van der Waals surface area contributed by atoms with Crippen molar-refractivity contribution in [1.82, 2.24) is 4.90 Å². The van der Waals surface area contributed by atoms with Gasteiger partial charge in [0.2, 0.25) is 5.91 Å². The van der Waals surface area contributed by atoms with E-state index in [0.717, 1.165) is 24.1 Å². The number of carbonyl (C=O) groups excluding carboxylic acids is 1. The van der Waals surface area contributed by atoms with Gasteiger partial charge in [0.05, 0.1) is 12.1 Å². The monoisotopic (exact) mass is 415 g/mol. The highest BCUT2D eigenvalue weighted by Crippen LogP contribution is 2.22. The lowest BCUT2D eigenvalue weighted by atomic mass is 10.00. The molecule has 0 aliphatic carbocycles. The molecular weight excluding hydrogens is 386 g/mol. The summed E-state index contributed by atoms with van der Waals surface area (Å²) in [7, 11) is 0. The summed E-state index contributed by atoms with van der Waals surface area (Å²) < 4.78 is 0. The number of likely N-dealkylation sites (tertiary alicyclic amines) is 1. The molecule has 2 rings (SSSR count). The molecule has 1 amide bonds. The predicted octanol–water partition coefficient (Wildman–Crippen LogP) is 4.20. The fourth-order valence-electron chi connectivity index (χ4n) is 3.03. The highest BCUT2D eigenvalue weighted by Gasteiger charge is 2.28. The molecule has 1 aromatic rings. The highest BCUT2D eigenvalue weighted by molar-refractivity contribution is 7.14. The molecule has 1 saturated heterocycles. The maximum atomic E-state index is 12.2. The van der Waals surface area contributed by atoms with Crippen LogP contribution in [0.15, 0.2) is 30.4 Å². The van der Waals surface area contributed by atoms with Gasteiger partial charge in [-0.1, -0.05) is 32.1 Å². The summed E-state index contributed by atoms with van der Waals surface area (Å²) in [4.78, 5) is 26.1. The zero-order chi connectivity index (χ0) is 21.2. The molecule has 2 heterocycles. The molecule has 3 atom stereocenters. The molecular formula is C23H29NO4S. The zero-order valence-corrected chi connectivity index (χ0v) is 17.8. The van der Waals surface area contributed by atoms with Gasteiger partial charge in [-0.15, -0.1) is 23.2 Å². The highest BCUT2D eigenvalue weighted by atomic mass is 32.1. The molecule has 1 aliphatic rings. The largest absolute Gasteiger partial charge is 0.477 e. The first-order valence-electron chi connectivity index (χ1n) is 10.0. The predicted molar refractivity (Wildman–Crippen MR) is 117 cm³/mol. The van der Waals surface area contributed by atoms with E-state index in [1.165, 1.54) is 11.3 Å². The van der Waals surface area contributed by atoms with Gasteiger partial charge in [0.25, 0.3) is 0 Å². The summed E-state index contributed by atoms with van der Waals surface area (Å²) in [5.41, 5.74) is 0. The van der Waals surface area contributed by atoms with Crippen LogP contribution in [-0.4, -0.2) is 45.7 Å². The molecule has 0 unspecified atom stereocenters. The quantitative estimate of drug-likeness (QED) is 0.468. The number of carboxylic acids is 1. The molecule has 29 heavy (non-hydrogen) atoms. The van der Waals surface area contributed by atoms with E-state index in [4.69, 9.17) is 5.11 Å². The first-order chi connectivity index (χ1) is 13.9. The standard InChI is InChI=1S/C23H29NO4S/c1-3-4-5-6-8-17(2)20(25)13-10-18-11-15-22(26)24(18)16-7-9-19-12-14-21(29-19)23(27)28/h7,9-10,12-14,17-18,20,25H,3-4,8,11,15-16H2,1-2H3,(H,27,28)/t17-,18-,20+/m0/s1. The number of carboxylic acid groups (broad SMARTS) is 1. The van der Waals surface area contributed by atoms with E-state index in [1.807, 2.05) is 25.2 Å². The molecule has 5 nitrogen and oxygen atoms in total. The van der Waals surface area contributed by atoms with Crippen LogP contribution in [0.4, 0.5) is 0 Å². The number of nitrogens with zero attached hydrogens (tertiary/aromatic N) is 1. The lowest BCUT2D eigenvalue weighted by Crippen LogP contribution is -2.32. The maximum Gasteiger partial charge on any atom is 0.345 e. The van der Waals surface area contributed by atoms with Crippen molar-refractivity contribution >= 4 is 29.3 Å². The number of aliphatic hydroxyl groups excluding tert-OH is 1. The van der Waals surface area contributed by atoms with Crippen LogP contribution in [0.3, 0.4) is 0 Å². The number of hydrogen-bond donors (Lipinski definition) is 2. The van der Waals surface area contributed by atoms with Crippen LogP contribution in [0.1, 0.15) is 60.5 Å². The molecule has 0 bridgehead atoms. The van der Waals surface area contributed by atoms with E-state index in [-0.39, 0.29) is 17.9 Å². The number of carbonyl (C=O) groups is 2. The first kappa shape index (κ1) is 22.9. The van der Waals surface area contributed by atoms with Crippen molar-refractivity contribution in [3.8, 4) is 11.8 Å². The number of aromatic carboxylic acids is 1. The molecule has 1 aliphatic heterocycles. The van der Waals surface area contributed by atoms with E-state index >= 15 is 0 Å². The third kappa shape index (κ3) is 7.19. The van der Waals surface area contributed by atoms with E-state index in [9.17, 15) is 14.7 Å². The van der Waals surface area contributed by atoms with Crippen LogP contribution in [0, 0.1) is 17.8 Å². The Kier molecular flexibility index (Phi) is 9.17. The molecule has 6 heteroatoms. The summed E-state index contributed by atoms with van der Waals surface area (Å²) in [6.45, 7) is 4.53. The van der Waals surface area contributed by atoms with E-state index in [2.05, 4.69) is 18.8 Å². The Morgan fingerprint density at radius 2 is 2.21 bits per heavy atom. The summed E-state index contributed by atoms with van der Waals surface area (Å²) in [6.07, 6.45) is 10.7. The van der Waals surface area contributed by atoms with Gasteiger partial charge in [0.1, 0.15) is 4.88 Å². The number of unbranched alkanes of at least 4 members (excludes halogenated alkanes) is 1. The van der Waals surface area contributed by atoms with Gasteiger partial charge in [0, 0.05) is 30.7 Å². The molecule has 2 N–H and O–H groups in total. The molecule has 1 aromatic heterocycles. The van der Waals surface area contributed by atoms with Crippen molar-refractivity contribution in [2.45, 2.75) is 58.1 Å². The minimum Gasteiger partial charge on any atom is -0.477 e. The fourth-order valence-corrected chi connectivity index (χ4v) is 3.81. The topological polar surface area (TPSA) is 77.8 Å². The van der Waals surface area contributed by atoms with Crippen LogP contribution in [0.5, 0.6) is 0 Å². The van der Waals surface area contributed by atoms with Gasteiger partial charge in [-0.25, -0.2) is 4.79 Å². The van der Waals surface area contributed by atoms with Crippen molar-refractivity contribution in [2.75, 3.05) is 6.54 Å². The van der Waals surface area contributed by atoms with Crippen molar-refractivity contribution in [3.63, 3.8) is 0 Å². The van der Waals surface area contributed by atoms with E-state index in [0.29, 0.717) is 24.3 Å². The Bertz CT molecular complexity index is 814. The first-order valence-corrected chi connectivity index (χ1v) is 10.8. The Hall–Kier alpha value is -2.36. The van der Waals surface area contributed by atoms with Crippen LogP contribution in [-0.2, 0) is 4.79 Å². The average molecular weight is 416 g/mol. The minimum atomic E-state index is -0.932. The van der Waals surface area contributed by atoms with Crippen LogP contribution in [0.2, 0.25) is 0 Å². The van der Waals surface area contributed by atoms with Gasteiger partial charge in [0.15, 0.2) is 0 Å². The van der Waals surface area contributed by atoms with Gasteiger partial charge < -0.3 is 15.1 Å². The molecule has 0 saturated carbocycles. The number of aliphatic hydroxyl groups is 1. The lowest BCUT2D eigenvalue weighted by Gasteiger charge is -2.21. The molecule has 1 fully saturated rings. The second kappa shape index (κ2) is 11.6. The zero-order valence-electron chi connectivity index (χ0n) is 17.0. The summed E-state index contributed by atoms with van der Waals surface area (Å²) >= 11 is 1.20. The van der Waals surface area contributed by atoms with E-state index < -0.39 is 12.1 Å². The van der Waals surface area contributed by atoms with Crippen molar-refractivity contribution in [2.24, 2.45) is 5.92 Å². The van der Waals surface area contributed by atoms with Gasteiger partial charge >= 0.3 is 5.97 Å². The number of thiophene rings is 1. The average Bonchev–Trinajstić information content (AvgIpc) is 3.31. The summed E-state index contributed by atoms with van der Waals surface area (Å²) in [5, 5.41) is 19.3. The Labute approximate surface area is 176 Å². The third-order valence-electron chi connectivity index (χ3n) is 4.83. The Morgan fingerprint density at radius 3 is 2.90 bits per heavy atom. The van der Waals surface area contributed by atoms with Gasteiger partial charge in [-0.2, -0.15) is 0 Å². The molecule has 0 aromatic carbocycles. The maximum absolute atomic E-state index is 12.2. The van der Waals surface area contributed by atoms with Crippen LogP contribution < -0.4 is 0 Å². The van der Waals surface area contributed by atoms with E-state index in [1.54, 1.807) is 23.1 Å². The second-order valence-corrected chi connectivity index (χ2v) is 8.34. The van der Waals surface area contributed by atoms with Crippen LogP contribution in [0.25, 0.3) is 6.08 Å². The number of rotatable bonds is 9. The van der Waals surface area contributed by atoms with Crippen molar-refractivity contribution in [1.29, 1.82) is 0 Å². The minimum absolute atomic E-state index is 0.0295. The second-order valence-electron chi connectivity index (χ2n) is 7.22. The Balaban J connectivity index is 1.90. The number of amides is 1.